The third kappa shape index (κ3) is 2.22. The topological polar surface area (TPSA) is 48.7 Å². The number of halogens is 1. The van der Waals surface area contributed by atoms with Crippen molar-refractivity contribution < 1.29 is 9.47 Å². The summed E-state index contributed by atoms with van der Waals surface area (Å²) in [5.74, 6) is 1.47. The Morgan fingerprint density at radius 3 is 2.70 bits per heavy atom. The summed E-state index contributed by atoms with van der Waals surface area (Å²) < 4.78 is 13.1. The van der Waals surface area contributed by atoms with Crippen LogP contribution in [0.3, 0.4) is 0 Å². The average molecular weight is 334 g/mol. The molecule has 0 N–H and O–H groups in total. The molecule has 0 aliphatic heterocycles. The molecular weight excluding hydrogens is 322 g/mol. The smallest absolute Gasteiger partial charge is 0.154 e. The first-order valence-corrected chi connectivity index (χ1v) is 6.75. The van der Waals surface area contributed by atoms with Gasteiger partial charge in [0.25, 0.3) is 0 Å². The molecule has 0 unspecified atom stereocenters. The van der Waals surface area contributed by atoms with Crippen molar-refractivity contribution in [2.45, 2.75) is 0 Å². The van der Waals surface area contributed by atoms with E-state index in [0.29, 0.717) is 0 Å². The molecule has 0 saturated heterocycles. The molecule has 0 saturated carbocycles. The van der Waals surface area contributed by atoms with E-state index in [0.717, 1.165) is 33.0 Å². The van der Waals surface area contributed by atoms with E-state index in [1.807, 2.05) is 36.5 Å². The van der Waals surface area contributed by atoms with Crippen LogP contribution in [0.1, 0.15) is 0 Å². The van der Waals surface area contributed by atoms with Crippen molar-refractivity contribution in [2.75, 3.05) is 14.2 Å². The number of benzene rings is 1. The third-order valence-corrected chi connectivity index (χ3v) is 3.36. The van der Waals surface area contributed by atoms with Gasteiger partial charge in [-0.2, -0.15) is 5.10 Å². The summed E-state index contributed by atoms with van der Waals surface area (Å²) in [6.45, 7) is 0. The van der Waals surface area contributed by atoms with E-state index in [9.17, 15) is 0 Å². The van der Waals surface area contributed by atoms with Crippen LogP contribution in [0.5, 0.6) is 11.5 Å². The first kappa shape index (κ1) is 12.9. The van der Waals surface area contributed by atoms with Crippen LogP contribution in [0.4, 0.5) is 0 Å². The molecule has 2 aromatic heterocycles. The van der Waals surface area contributed by atoms with E-state index < -0.39 is 0 Å². The molecule has 0 spiro atoms. The molecule has 5 nitrogen and oxygen atoms in total. The maximum absolute atomic E-state index is 5.41. The van der Waals surface area contributed by atoms with Gasteiger partial charge in [-0.25, -0.2) is 9.50 Å². The van der Waals surface area contributed by atoms with Gasteiger partial charge in [-0.05, 0) is 40.2 Å². The second-order valence-corrected chi connectivity index (χ2v) is 4.96. The number of methoxy groups -OCH3 is 2. The predicted octanol–water partition coefficient (Wildman–Crippen LogP) is 3.18. The van der Waals surface area contributed by atoms with E-state index >= 15 is 0 Å². The van der Waals surface area contributed by atoms with Gasteiger partial charge in [0.1, 0.15) is 16.1 Å². The Bertz CT molecular complexity index is 770. The van der Waals surface area contributed by atoms with E-state index in [1.54, 1.807) is 18.7 Å². The summed E-state index contributed by atoms with van der Waals surface area (Å²) in [6.07, 6.45) is 1.81. The van der Waals surface area contributed by atoms with Gasteiger partial charge in [-0.15, -0.1) is 0 Å². The highest BCUT2D eigenvalue weighted by molar-refractivity contribution is 9.10. The van der Waals surface area contributed by atoms with E-state index in [4.69, 9.17) is 9.47 Å². The molecule has 0 amide bonds. The minimum Gasteiger partial charge on any atom is -0.497 e. The van der Waals surface area contributed by atoms with Gasteiger partial charge in [0.05, 0.1) is 26.1 Å². The highest BCUT2D eigenvalue weighted by Gasteiger charge is 2.10. The number of hydrogen-bond donors (Lipinski definition) is 0. The SMILES string of the molecule is COc1ccc(-c2ccc3nc(Br)cn3n2)c(OC)c1. The van der Waals surface area contributed by atoms with Crippen molar-refractivity contribution in [3.8, 4) is 22.8 Å². The summed E-state index contributed by atoms with van der Waals surface area (Å²) in [7, 11) is 3.26. The lowest BCUT2D eigenvalue weighted by molar-refractivity contribution is 0.395. The fourth-order valence-corrected chi connectivity index (χ4v) is 2.38. The minimum atomic E-state index is 0.718. The molecule has 0 aliphatic carbocycles. The third-order valence-electron chi connectivity index (χ3n) is 2.98. The lowest BCUT2D eigenvalue weighted by atomic mass is 10.1. The minimum absolute atomic E-state index is 0.718. The molecule has 0 fully saturated rings. The highest BCUT2D eigenvalue weighted by Crippen LogP contribution is 2.32. The number of ether oxygens (including phenoxy) is 2. The number of aromatic nitrogens is 3. The van der Waals surface area contributed by atoms with Crippen LogP contribution in [0.2, 0.25) is 0 Å². The fourth-order valence-electron chi connectivity index (χ4n) is 2.01. The average Bonchev–Trinajstić information content (AvgIpc) is 2.85. The van der Waals surface area contributed by atoms with Gasteiger partial charge in [-0.3, -0.25) is 0 Å². The number of fused-ring (bicyclic) bond motifs is 1. The largest absolute Gasteiger partial charge is 0.497 e. The highest BCUT2D eigenvalue weighted by atomic mass is 79.9. The molecule has 1 aromatic carbocycles. The van der Waals surface area contributed by atoms with Gasteiger partial charge in [-0.1, -0.05) is 0 Å². The van der Waals surface area contributed by atoms with Crippen LogP contribution in [-0.4, -0.2) is 28.8 Å². The number of hydrogen-bond acceptors (Lipinski definition) is 4. The normalized spacial score (nSPS) is 10.8. The maximum atomic E-state index is 5.41. The van der Waals surface area contributed by atoms with Gasteiger partial charge in [0, 0.05) is 11.6 Å². The second kappa shape index (κ2) is 5.13. The molecule has 20 heavy (non-hydrogen) atoms. The van der Waals surface area contributed by atoms with E-state index in [-0.39, 0.29) is 0 Å². The van der Waals surface area contributed by atoms with Crippen LogP contribution in [0, 0.1) is 0 Å². The quantitative estimate of drug-likeness (QED) is 0.738. The Balaban J connectivity index is 2.14. The Labute approximate surface area is 124 Å². The second-order valence-electron chi connectivity index (χ2n) is 4.15. The van der Waals surface area contributed by atoms with Gasteiger partial charge in [0.15, 0.2) is 5.65 Å². The van der Waals surface area contributed by atoms with E-state index in [2.05, 4.69) is 26.0 Å². The van der Waals surface area contributed by atoms with Crippen LogP contribution >= 0.6 is 15.9 Å². The van der Waals surface area contributed by atoms with Crippen LogP contribution in [-0.2, 0) is 0 Å². The van der Waals surface area contributed by atoms with Crippen LogP contribution < -0.4 is 9.47 Å². The Kier molecular flexibility index (Phi) is 3.31. The Hall–Kier alpha value is -2.08. The van der Waals surface area contributed by atoms with E-state index in [1.165, 1.54) is 0 Å². The molecule has 0 aliphatic rings. The molecule has 2 heterocycles. The molecule has 102 valence electrons. The van der Waals surface area contributed by atoms with Crippen LogP contribution in [0.25, 0.3) is 16.9 Å². The number of rotatable bonds is 3. The maximum Gasteiger partial charge on any atom is 0.154 e. The lowest BCUT2D eigenvalue weighted by Gasteiger charge is -2.09. The number of imidazole rings is 1. The predicted molar refractivity (Wildman–Crippen MR) is 79.2 cm³/mol. The van der Waals surface area contributed by atoms with Crippen molar-refractivity contribution in [3.63, 3.8) is 0 Å². The van der Waals surface area contributed by atoms with Crippen molar-refractivity contribution in [1.29, 1.82) is 0 Å². The molecule has 6 heteroatoms. The van der Waals surface area contributed by atoms with Gasteiger partial charge < -0.3 is 9.47 Å². The number of nitrogens with zero attached hydrogens (tertiary/aromatic N) is 3. The molecule has 0 radical (unpaired) electrons. The monoisotopic (exact) mass is 333 g/mol. The van der Waals surface area contributed by atoms with Crippen LogP contribution in [0.15, 0.2) is 41.1 Å². The van der Waals surface area contributed by atoms with Gasteiger partial charge >= 0.3 is 0 Å². The summed E-state index contributed by atoms with van der Waals surface area (Å²) >= 11 is 3.34. The first-order valence-electron chi connectivity index (χ1n) is 5.95. The van der Waals surface area contributed by atoms with Gasteiger partial charge in [0.2, 0.25) is 0 Å². The first-order chi connectivity index (χ1) is 9.71. The summed E-state index contributed by atoms with van der Waals surface area (Å²) in [4.78, 5) is 4.28. The van der Waals surface area contributed by atoms with Crippen molar-refractivity contribution in [2.24, 2.45) is 0 Å². The summed E-state index contributed by atoms with van der Waals surface area (Å²) in [6, 6.07) is 9.48. The molecule has 0 atom stereocenters. The van der Waals surface area contributed by atoms with Crippen molar-refractivity contribution in [1.82, 2.24) is 14.6 Å². The Morgan fingerprint density at radius 1 is 1.10 bits per heavy atom. The Morgan fingerprint density at radius 2 is 1.95 bits per heavy atom. The molecule has 3 aromatic rings. The fraction of sp³-hybridized carbons (Fsp3) is 0.143. The summed E-state index contributed by atoms with van der Waals surface area (Å²) in [5, 5.41) is 4.53. The standard InChI is InChI=1S/C14H12BrN3O2/c1-19-9-3-4-10(12(7-9)20-2)11-5-6-14-16-13(15)8-18(14)17-11/h3-8H,1-2H3. The molecule has 0 bridgehead atoms. The zero-order chi connectivity index (χ0) is 14.1. The van der Waals surface area contributed by atoms with Crippen molar-refractivity contribution >= 4 is 21.6 Å². The van der Waals surface area contributed by atoms with Crippen molar-refractivity contribution in [3.05, 3.63) is 41.1 Å². The summed E-state index contributed by atoms with van der Waals surface area (Å²) in [5.41, 5.74) is 2.50. The molecular formula is C14H12BrN3O2. The zero-order valence-electron chi connectivity index (χ0n) is 11.0. The lowest BCUT2D eigenvalue weighted by Crippen LogP contribution is -1.96. The molecule has 3 rings (SSSR count). The zero-order valence-corrected chi connectivity index (χ0v) is 12.6.